The van der Waals surface area contributed by atoms with Gasteiger partial charge in [0.05, 0.1) is 0 Å². The number of piperidine rings is 1. The van der Waals surface area contributed by atoms with Crippen LogP contribution in [0.3, 0.4) is 0 Å². The molecule has 2 aromatic carbocycles. The average molecular weight is 384 g/mol. The van der Waals surface area contributed by atoms with Crippen LogP contribution in [0.2, 0.25) is 0 Å². The third-order valence-electron chi connectivity index (χ3n) is 6.28. The van der Waals surface area contributed by atoms with Gasteiger partial charge >= 0.3 is 0 Å². The molecule has 2 aromatic rings. The summed E-state index contributed by atoms with van der Waals surface area (Å²) in [6.45, 7) is 6.81. The van der Waals surface area contributed by atoms with Crippen LogP contribution in [0.5, 0.6) is 0 Å². The van der Waals surface area contributed by atoms with Gasteiger partial charge < -0.3 is 4.90 Å². The Morgan fingerprint density at radius 1 is 1.11 bits per heavy atom. The molecule has 0 bridgehead atoms. The lowest BCUT2D eigenvalue weighted by molar-refractivity contribution is -0.130. The van der Waals surface area contributed by atoms with Crippen LogP contribution in [-0.2, 0) is 11.3 Å². The number of likely N-dealkylation sites (tertiary alicyclic amines) is 2. The second-order valence-corrected chi connectivity index (χ2v) is 8.20. The number of carbonyl (C=O) groups excluding carboxylic acids is 1. The summed E-state index contributed by atoms with van der Waals surface area (Å²) in [7, 11) is 0. The maximum absolute atomic E-state index is 13.6. The zero-order chi connectivity index (χ0) is 19.8. The van der Waals surface area contributed by atoms with Crippen molar-refractivity contribution in [3.05, 3.63) is 70.8 Å². The minimum absolute atomic E-state index is 0.138. The highest BCUT2D eigenvalue weighted by atomic mass is 19.2. The number of fused-ring (bicyclic) bond motifs is 1. The van der Waals surface area contributed by atoms with Crippen LogP contribution >= 0.6 is 0 Å². The molecular formula is C23H26F2N2O. The number of hydrogen-bond acceptors (Lipinski definition) is 2. The van der Waals surface area contributed by atoms with Crippen molar-refractivity contribution < 1.29 is 13.6 Å². The topological polar surface area (TPSA) is 23.6 Å². The highest BCUT2D eigenvalue weighted by molar-refractivity contribution is 5.74. The zero-order valence-electron chi connectivity index (χ0n) is 16.4. The smallest absolute Gasteiger partial charge is 0.219 e. The van der Waals surface area contributed by atoms with Gasteiger partial charge in [-0.2, -0.15) is 0 Å². The average Bonchev–Trinajstić information content (AvgIpc) is 3.04. The fourth-order valence-corrected chi connectivity index (χ4v) is 4.96. The third kappa shape index (κ3) is 3.68. The summed E-state index contributed by atoms with van der Waals surface area (Å²) in [5.41, 5.74) is 3.30. The van der Waals surface area contributed by atoms with Crippen LogP contribution in [0.25, 0.3) is 0 Å². The molecule has 28 heavy (non-hydrogen) atoms. The van der Waals surface area contributed by atoms with E-state index >= 15 is 0 Å². The Balaban J connectivity index is 1.56. The molecular weight excluding hydrogens is 358 g/mol. The van der Waals surface area contributed by atoms with E-state index in [-0.39, 0.29) is 11.9 Å². The van der Waals surface area contributed by atoms with Gasteiger partial charge in [-0.3, -0.25) is 9.69 Å². The molecule has 5 heteroatoms. The predicted molar refractivity (Wildman–Crippen MR) is 105 cm³/mol. The zero-order valence-corrected chi connectivity index (χ0v) is 16.4. The van der Waals surface area contributed by atoms with Crippen LogP contribution in [0.1, 0.15) is 36.0 Å². The normalized spacial score (nSPS) is 25.0. The number of hydrogen-bond donors (Lipinski definition) is 0. The molecule has 3 atom stereocenters. The molecule has 0 unspecified atom stereocenters. The van der Waals surface area contributed by atoms with E-state index in [1.807, 2.05) is 4.90 Å². The maximum atomic E-state index is 13.6. The molecule has 0 N–H and O–H groups in total. The second-order valence-electron chi connectivity index (χ2n) is 8.20. The molecule has 0 saturated carbocycles. The molecule has 0 radical (unpaired) electrons. The van der Waals surface area contributed by atoms with Gasteiger partial charge in [-0.1, -0.05) is 35.9 Å². The van der Waals surface area contributed by atoms with E-state index in [0.29, 0.717) is 18.4 Å². The lowest BCUT2D eigenvalue weighted by atomic mass is 9.81. The minimum atomic E-state index is -0.810. The molecule has 0 spiro atoms. The molecule has 3 nitrogen and oxygen atoms in total. The van der Waals surface area contributed by atoms with Crippen LogP contribution in [-0.4, -0.2) is 41.4 Å². The van der Waals surface area contributed by atoms with Gasteiger partial charge in [-0.25, -0.2) is 8.78 Å². The fraction of sp³-hybridized carbons (Fsp3) is 0.435. The number of benzene rings is 2. The number of rotatable bonds is 3. The van der Waals surface area contributed by atoms with Gasteiger partial charge in [0.15, 0.2) is 11.6 Å². The Hall–Kier alpha value is -2.27. The van der Waals surface area contributed by atoms with Crippen LogP contribution < -0.4 is 0 Å². The number of amides is 1. The lowest BCUT2D eigenvalue weighted by Crippen LogP contribution is -2.47. The molecule has 2 fully saturated rings. The van der Waals surface area contributed by atoms with E-state index in [1.165, 1.54) is 23.3 Å². The second kappa shape index (κ2) is 7.63. The van der Waals surface area contributed by atoms with Crippen LogP contribution in [0, 0.1) is 24.5 Å². The van der Waals surface area contributed by atoms with Crippen molar-refractivity contribution in [2.75, 3.05) is 19.6 Å². The summed E-state index contributed by atoms with van der Waals surface area (Å²) in [6.07, 6.45) is 0.913. The highest BCUT2D eigenvalue weighted by Crippen LogP contribution is 2.42. The fourth-order valence-electron chi connectivity index (χ4n) is 4.96. The van der Waals surface area contributed by atoms with E-state index in [4.69, 9.17) is 0 Å². The Morgan fingerprint density at radius 3 is 2.64 bits per heavy atom. The Labute approximate surface area is 165 Å². The first kappa shape index (κ1) is 19.1. The Morgan fingerprint density at radius 2 is 1.93 bits per heavy atom. The van der Waals surface area contributed by atoms with Crippen molar-refractivity contribution in [1.29, 1.82) is 0 Å². The van der Waals surface area contributed by atoms with Gasteiger partial charge in [-0.05, 0) is 36.6 Å². The summed E-state index contributed by atoms with van der Waals surface area (Å²) >= 11 is 0. The molecule has 2 saturated heterocycles. The van der Waals surface area contributed by atoms with Gasteiger partial charge in [0.2, 0.25) is 5.91 Å². The van der Waals surface area contributed by atoms with E-state index in [2.05, 4.69) is 36.1 Å². The van der Waals surface area contributed by atoms with E-state index in [0.717, 1.165) is 31.6 Å². The third-order valence-corrected chi connectivity index (χ3v) is 6.28. The lowest BCUT2D eigenvalue weighted by Gasteiger charge is -2.39. The summed E-state index contributed by atoms with van der Waals surface area (Å²) < 4.78 is 26.8. The first-order valence-electron chi connectivity index (χ1n) is 9.92. The van der Waals surface area contributed by atoms with E-state index in [9.17, 15) is 13.6 Å². The summed E-state index contributed by atoms with van der Waals surface area (Å²) in [6, 6.07) is 12.9. The first-order valence-corrected chi connectivity index (χ1v) is 9.92. The molecule has 0 aliphatic carbocycles. The molecule has 0 aromatic heterocycles. The molecule has 2 heterocycles. The van der Waals surface area contributed by atoms with Gasteiger partial charge in [-0.15, -0.1) is 0 Å². The molecule has 1 amide bonds. The first-order chi connectivity index (χ1) is 13.4. The standard InChI is InChI=1S/C23H26F2N2O/c1-15-4-3-5-18(10-15)19-14-27(16(2)28)23-8-9-26(13-20(19)23)12-17-6-7-21(24)22(25)11-17/h3-7,10-11,19-20,23H,8-9,12-14H2,1-2H3/t19-,20-,23-/m0/s1. The van der Waals surface area contributed by atoms with Crippen molar-refractivity contribution in [2.24, 2.45) is 5.92 Å². The van der Waals surface area contributed by atoms with Crippen molar-refractivity contribution in [3.63, 3.8) is 0 Å². The van der Waals surface area contributed by atoms with E-state index in [1.54, 1.807) is 13.0 Å². The number of nitrogens with zero attached hydrogens (tertiary/aromatic N) is 2. The highest BCUT2D eigenvalue weighted by Gasteiger charge is 2.46. The number of carbonyl (C=O) groups is 1. The molecule has 148 valence electrons. The molecule has 2 aliphatic rings. The Kier molecular flexibility index (Phi) is 5.19. The Bertz CT molecular complexity index is 885. The van der Waals surface area contributed by atoms with Crippen molar-refractivity contribution in [2.45, 2.75) is 38.8 Å². The van der Waals surface area contributed by atoms with Gasteiger partial charge in [0, 0.05) is 51.0 Å². The quantitative estimate of drug-likeness (QED) is 0.795. The summed E-state index contributed by atoms with van der Waals surface area (Å²) in [5, 5.41) is 0. The SMILES string of the molecule is CC(=O)N1C[C@@H](c2cccc(C)c2)[C@@H]2CN(Cc3ccc(F)c(F)c3)CC[C@@H]21. The largest absolute Gasteiger partial charge is 0.339 e. The van der Waals surface area contributed by atoms with E-state index < -0.39 is 11.6 Å². The number of aryl methyl sites for hydroxylation is 1. The number of halogens is 2. The van der Waals surface area contributed by atoms with Crippen molar-refractivity contribution in [1.82, 2.24) is 9.80 Å². The maximum Gasteiger partial charge on any atom is 0.219 e. The molecule has 2 aliphatic heterocycles. The van der Waals surface area contributed by atoms with Crippen molar-refractivity contribution in [3.8, 4) is 0 Å². The van der Waals surface area contributed by atoms with Crippen molar-refractivity contribution >= 4 is 5.91 Å². The predicted octanol–water partition coefficient (Wildman–Crippen LogP) is 4.11. The molecule has 4 rings (SSSR count). The van der Waals surface area contributed by atoms with Crippen LogP contribution in [0.4, 0.5) is 8.78 Å². The summed E-state index contributed by atoms with van der Waals surface area (Å²) in [5.74, 6) is -0.811. The minimum Gasteiger partial charge on any atom is -0.339 e. The monoisotopic (exact) mass is 384 g/mol. The van der Waals surface area contributed by atoms with Gasteiger partial charge in [0.1, 0.15) is 0 Å². The van der Waals surface area contributed by atoms with Gasteiger partial charge in [0.25, 0.3) is 0 Å². The van der Waals surface area contributed by atoms with Crippen LogP contribution in [0.15, 0.2) is 42.5 Å². The summed E-state index contributed by atoms with van der Waals surface area (Å²) in [4.78, 5) is 16.6.